The summed E-state index contributed by atoms with van der Waals surface area (Å²) >= 11 is 0. The Morgan fingerprint density at radius 2 is 1.67 bits per heavy atom. The second-order valence-corrected chi connectivity index (χ2v) is 6.82. The zero-order valence-electron chi connectivity index (χ0n) is 11.2. The van der Waals surface area contributed by atoms with Crippen molar-refractivity contribution < 1.29 is 13.2 Å². The predicted molar refractivity (Wildman–Crippen MR) is 74.9 cm³/mol. The van der Waals surface area contributed by atoms with Gasteiger partial charge in [-0.05, 0) is 39.8 Å². The van der Waals surface area contributed by atoms with E-state index in [9.17, 15) is 13.2 Å². The predicted octanol–water partition coefficient (Wildman–Crippen LogP) is 0.443. The molecule has 0 saturated carbocycles. The van der Waals surface area contributed by atoms with Gasteiger partial charge in [-0.25, -0.2) is 8.42 Å². The molecule has 1 aliphatic heterocycles. The van der Waals surface area contributed by atoms with Crippen LogP contribution in [-0.4, -0.2) is 56.4 Å². The van der Waals surface area contributed by atoms with Crippen LogP contribution in [0.5, 0.6) is 0 Å². The Balaban J connectivity index is 0.00000289. The van der Waals surface area contributed by atoms with Crippen molar-refractivity contribution in [2.75, 3.05) is 32.4 Å². The van der Waals surface area contributed by atoms with Gasteiger partial charge in [0.15, 0.2) is 14.6 Å². The summed E-state index contributed by atoms with van der Waals surface area (Å²) < 4.78 is 22.8. The molecule has 1 fully saturated rings. The molecule has 1 heterocycles. The van der Waals surface area contributed by atoms with Gasteiger partial charge in [0.05, 0.1) is 0 Å². The lowest BCUT2D eigenvalue weighted by Crippen LogP contribution is -2.58. The highest BCUT2D eigenvalue weighted by Crippen LogP contribution is 2.30. The average Bonchev–Trinajstić information content (AvgIpc) is 2.30. The number of carbonyl (C=O) groups is 1. The van der Waals surface area contributed by atoms with Crippen LogP contribution >= 0.6 is 12.4 Å². The van der Waals surface area contributed by atoms with Crippen molar-refractivity contribution in [2.45, 2.75) is 31.4 Å². The van der Waals surface area contributed by atoms with Gasteiger partial charge in [-0.2, -0.15) is 0 Å². The maximum absolute atomic E-state index is 12.4. The largest absolute Gasteiger partial charge is 0.342 e. The van der Waals surface area contributed by atoms with Gasteiger partial charge in [0.1, 0.15) is 0 Å². The van der Waals surface area contributed by atoms with Crippen LogP contribution in [0.25, 0.3) is 0 Å². The number of hydrogen-bond donors (Lipinski definition) is 1. The van der Waals surface area contributed by atoms with E-state index in [2.05, 4.69) is 5.32 Å². The molecule has 0 aromatic rings. The molecular weight excluding hydrogens is 276 g/mol. The first kappa shape index (κ1) is 17.7. The molecule has 1 rings (SSSR count). The van der Waals surface area contributed by atoms with Gasteiger partial charge in [0.2, 0.25) is 5.91 Å². The van der Waals surface area contributed by atoms with E-state index in [4.69, 9.17) is 0 Å². The van der Waals surface area contributed by atoms with E-state index in [-0.39, 0.29) is 18.3 Å². The minimum atomic E-state index is -3.38. The van der Waals surface area contributed by atoms with Crippen molar-refractivity contribution in [3.05, 3.63) is 0 Å². The minimum Gasteiger partial charge on any atom is -0.342 e. The van der Waals surface area contributed by atoms with Crippen LogP contribution in [0.15, 0.2) is 0 Å². The summed E-state index contributed by atoms with van der Waals surface area (Å²) in [7, 11) is -3.38. The monoisotopic (exact) mass is 298 g/mol. The first-order valence-corrected chi connectivity index (χ1v) is 7.98. The summed E-state index contributed by atoms with van der Waals surface area (Å²) in [5.41, 5.74) is 0. The molecule has 1 N–H and O–H groups in total. The number of halogens is 1. The topological polar surface area (TPSA) is 66.5 Å². The highest BCUT2D eigenvalue weighted by Gasteiger charge is 2.49. The van der Waals surface area contributed by atoms with Crippen LogP contribution in [0, 0.1) is 0 Å². The van der Waals surface area contributed by atoms with Crippen LogP contribution < -0.4 is 5.32 Å². The first-order chi connectivity index (χ1) is 7.89. The van der Waals surface area contributed by atoms with Gasteiger partial charge >= 0.3 is 0 Å². The van der Waals surface area contributed by atoms with E-state index in [1.807, 2.05) is 13.8 Å². The summed E-state index contributed by atoms with van der Waals surface area (Å²) in [5, 5.41) is 3.11. The molecule has 108 valence electrons. The number of nitrogens with one attached hydrogen (secondary N) is 1. The maximum Gasteiger partial charge on any atom is 0.244 e. The van der Waals surface area contributed by atoms with Crippen molar-refractivity contribution in [1.82, 2.24) is 10.2 Å². The standard InChI is InChI=1S/C11H22N2O3S.ClH/c1-4-13(5-2)10(14)11(17(3,15)16)6-8-12-9-7-11;/h12H,4-9H2,1-3H3;1H. The van der Waals surface area contributed by atoms with Crippen molar-refractivity contribution in [2.24, 2.45) is 0 Å². The molecule has 0 aliphatic carbocycles. The fourth-order valence-corrected chi connectivity index (χ4v) is 3.76. The molecule has 18 heavy (non-hydrogen) atoms. The molecule has 1 aliphatic rings. The lowest BCUT2D eigenvalue weighted by molar-refractivity contribution is -0.134. The van der Waals surface area contributed by atoms with Crippen molar-refractivity contribution in [1.29, 1.82) is 0 Å². The van der Waals surface area contributed by atoms with Crippen LogP contribution in [0.2, 0.25) is 0 Å². The van der Waals surface area contributed by atoms with E-state index in [1.54, 1.807) is 4.90 Å². The molecule has 0 bridgehead atoms. The van der Waals surface area contributed by atoms with Gasteiger partial charge < -0.3 is 10.2 Å². The summed E-state index contributed by atoms with van der Waals surface area (Å²) in [4.78, 5) is 14.1. The lowest BCUT2D eigenvalue weighted by atomic mass is 9.95. The minimum absolute atomic E-state index is 0. The number of carbonyl (C=O) groups excluding carboxylic acids is 1. The maximum atomic E-state index is 12.4. The van der Waals surface area contributed by atoms with Crippen LogP contribution in [0.1, 0.15) is 26.7 Å². The van der Waals surface area contributed by atoms with Gasteiger partial charge in [0, 0.05) is 19.3 Å². The first-order valence-electron chi connectivity index (χ1n) is 6.08. The second kappa shape index (κ2) is 6.73. The number of nitrogens with zero attached hydrogens (tertiary/aromatic N) is 1. The third kappa shape index (κ3) is 3.16. The molecule has 7 heteroatoms. The fourth-order valence-electron chi connectivity index (χ4n) is 2.37. The van der Waals surface area contributed by atoms with E-state index in [0.29, 0.717) is 39.0 Å². The van der Waals surface area contributed by atoms with E-state index in [0.717, 1.165) is 0 Å². The normalized spacial score (nSPS) is 18.8. The molecule has 1 amide bonds. The van der Waals surface area contributed by atoms with Gasteiger partial charge in [-0.1, -0.05) is 0 Å². The summed E-state index contributed by atoms with van der Waals surface area (Å²) in [5.74, 6) is -0.230. The molecule has 0 radical (unpaired) electrons. The van der Waals surface area contributed by atoms with E-state index < -0.39 is 14.6 Å². The average molecular weight is 299 g/mol. The number of amides is 1. The Morgan fingerprint density at radius 1 is 1.22 bits per heavy atom. The molecule has 0 aromatic heterocycles. The number of sulfone groups is 1. The van der Waals surface area contributed by atoms with Crippen LogP contribution in [0.3, 0.4) is 0 Å². The highest BCUT2D eigenvalue weighted by atomic mass is 35.5. The second-order valence-electron chi connectivity index (χ2n) is 4.49. The number of hydrogen-bond acceptors (Lipinski definition) is 4. The molecule has 5 nitrogen and oxygen atoms in total. The van der Waals surface area contributed by atoms with Crippen molar-refractivity contribution in [3.8, 4) is 0 Å². The Morgan fingerprint density at radius 3 is 2.00 bits per heavy atom. The molecule has 0 unspecified atom stereocenters. The quantitative estimate of drug-likeness (QED) is 0.818. The summed E-state index contributed by atoms with van der Waals surface area (Å²) in [6.07, 6.45) is 1.93. The van der Waals surface area contributed by atoms with Gasteiger partial charge in [-0.15, -0.1) is 12.4 Å². The molecular formula is C11H23ClN2O3S. The Kier molecular flexibility index (Phi) is 6.60. The lowest BCUT2D eigenvalue weighted by Gasteiger charge is -2.37. The summed E-state index contributed by atoms with van der Waals surface area (Å²) in [6, 6.07) is 0. The van der Waals surface area contributed by atoms with Crippen LogP contribution in [-0.2, 0) is 14.6 Å². The highest BCUT2D eigenvalue weighted by molar-refractivity contribution is 7.92. The number of rotatable bonds is 4. The molecule has 0 atom stereocenters. The molecule has 0 spiro atoms. The summed E-state index contributed by atoms with van der Waals surface area (Å²) in [6.45, 7) is 6.02. The molecule has 0 aromatic carbocycles. The Labute approximate surface area is 116 Å². The third-order valence-electron chi connectivity index (χ3n) is 3.56. The smallest absolute Gasteiger partial charge is 0.244 e. The number of piperidine rings is 1. The van der Waals surface area contributed by atoms with Crippen LogP contribution in [0.4, 0.5) is 0 Å². The van der Waals surface area contributed by atoms with Gasteiger partial charge in [-0.3, -0.25) is 4.79 Å². The van der Waals surface area contributed by atoms with Crippen molar-refractivity contribution >= 4 is 28.2 Å². The van der Waals surface area contributed by atoms with Gasteiger partial charge in [0.25, 0.3) is 0 Å². The fraction of sp³-hybridized carbons (Fsp3) is 0.909. The zero-order valence-corrected chi connectivity index (χ0v) is 12.9. The third-order valence-corrected chi connectivity index (χ3v) is 5.56. The van der Waals surface area contributed by atoms with E-state index >= 15 is 0 Å². The zero-order chi connectivity index (χ0) is 13.1. The SMILES string of the molecule is CCN(CC)C(=O)C1(S(C)(=O)=O)CCNCC1.Cl. The Hall–Kier alpha value is -0.330. The van der Waals surface area contributed by atoms with E-state index in [1.165, 1.54) is 6.26 Å². The van der Waals surface area contributed by atoms with Crippen molar-refractivity contribution in [3.63, 3.8) is 0 Å². The Bertz CT molecular complexity index is 374. The molecule has 1 saturated heterocycles.